The fourth-order valence-electron chi connectivity index (χ4n) is 1.38. The number of carbonyl (C=O) groups is 3. The quantitative estimate of drug-likeness (QED) is 0.630. The molecule has 6 heteroatoms. The molecule has 0 radical (unpaired) electrons. The van der Waals surface area contributed by atoms with Gasteiger partial charge in [0, 0.05) is 25.8 Å². The first kappa shape index (κ1) is 16.9. The summed E-state index contributed by atoms with van der Waals surface area (Å²) in [5.74, 6) is -0.783. The molecule has 0 aromatic rings. The second kappa shape index (κ2) is 9.87. The Hall–Kier alpha value is -2.11. The highest BCUT2D eigenvalue weighted by molar-refractivity contribution is 5.83. The molecule has 106 valence electrons. The largest absolute Gasteiger partial charge is 0.353 e. The Morgan fingerprint density at radius 3 is 1.68 bits per heavy atom. The highest BCUT2D eigenvalue weighted by atomic mass is 16.2. The Balaban J connectivity index is 4.41. The van der Waals surface area contributed by atoms with E-state index in [1.54, 1.807) is 26.0 Å². The van der Waals surface area contributed by atoms with Crippen LogP contribution in [0.15, 0.2) is 24.6 Å². The van der Waals surface area contributed by atoms with Gasteiger partial charge in [0.1, 0.15) is 0 Å². The molecular weight excluding hydrogens is 246 g/mol. The maximum Gasteiger partial charge on any atom is 0.225 e. The molecule has 19 heavy (non-hydrogen) atoms. The van der Waals surface area contributed by atoms with E-state index in [2.05, 4.69) is 16.0 Å². The molecule has 0 aromatic carbocycles. The van der Waals surface area contributed by atoms with Crippen molar-refractivity contribution in [2.75, 3.05) is 0 Å². The van der Waals surface area contributed by atoms with Gasteiger partial charge >= 0.3 is 0 Å². The molecular formula is C13H21N3O3. The molecule has 0 aliphatic heterocycles. The van der Waals surface area contributed by atoms with Gasteiger partial charge in [0.2, 0.25) is 17.7 Å². The lowest BCUT2D eigenvalue weighted by Gasteiger charge is -2.16. The lowest BCUT2D eigenvalue weighted by Crippen LogP contribution is -2.40. The molecule has 0 unspecified atom stereocenters. The first-order chi connectivity index (χ1) is 8.99. The van der Waals surface area contributed by atoms with Crippen LogP contribution in [-0.2, 0) is 14.4 Å². The molecule has 0 aromatic heterocycles. The van der Waals surface area contributed by atoms with Crippen LogP contribution in [0.1, 0.15) is 33.6 Å². The number of allylic oxidation sites excluding steroid dienone is 2. The van der Waals surface area contributed by atoms with Crippen molar-refractivity contribution in [1.29, 1.82) is 0 Å². The van der Waals surface area contributed by atoms with Crippen LogP contribution in [0.2, 0.25) is 0 Å². The third-order valence-electron chi connectivity index (χ3n) is 2.09. The van der Waals surface area contributed by atoms with E-state index in [9.17, 15) is 14.4 Å². The van der Waals surface area contributed by atoms with E-state index in [1.165, 1.54) is 19.3 Å². The van der Waals surface area contributed by atoms with Crippen molar-refractivity contribution in [3.63, 3.8) is 0 Å². The minimum atomic E-state index is -0.520. The Morgan fingerprint density at radius 2 is 1.37 bits per heavy atom. The van der Waals surface area contributed by atoms with Gasteiger partial charge in [-0.1, -0.05) is 12.2 Å². The Morgan fingerprint density at radius 1 is 0.947 bits per heavy atom. The van der Waals surface area contributed by atoms with E-state index in [1.807, 2.05) is 0 Å². The van der Waals surface area contributed by atoms with E-state index < -0.39 is 6.04 Å². The summed E-state index contributed by atoms with van der Waals surface area (Å²) >= 11 is 0. The molecule has 0 aliphatic carbocycles. The maximum atomic E-state index is 11.5. The highest BCUT2D eigenvalue weighted by Gasteiger charge is 2.17. The van der Waals surface area contributed by atoms with E-state index >= 15 is 0 Å². The lowest BCUT2D eigenvalue weighted by atomic mass is 10.1. The van der Waals surface area contributed by atoms with E-state index in [-0.39, 0.29) is 30.6 Å². The zero-order valence-corrected chi connectivity index (χ0v) is 11.5. The fourth-order valence-corrected chi connectivity index (χ4v) is 1.38. The molecule has 0 saturated carbocycles. The van der Waals surface area contributed by atoms with Crippen molar-refractivity contribution in [3.05, 3.63) is 24.6 Å². The first-order valence-corrected chi connectivity index (χ1v) is 6.07. The van der Waals surface area contributed by atoms with Gasteiger partial charge in [-0.15, -0.1) is 0 Å². The fraction of sp³-hybridized carbons (Fsp3) is 0.462. The Bertz CT molecular complexity index is 347. The van der Waals surface area contributed by atoms with Crippen molar-refractivity contribution in [3.8, 4) is 0 Å². The highest BCUT2D eigenvalue weighted by Crippen LogP contribution is 1.99. The molecule has 0 spiro atoms. The Labute approximate surface area is 113 Å². The van der Waals surface area contributed by atoms with Gasteiger partial charge in [0.05, 0.1) is 0 Å². The molecule has 3 amide bonds. The van der Waals surface area contributed by atoms with Crippen LogP contribution in [0.4, 0.5) is 0 Å². The van der Waals surface area contributed by atoms with Crippen LogP contribution in [0, 0.1) is 0 Å². The van der Waals surface area contributed by atoms with Gasteiger partial charge < -0.3 is 16.0 Å². The molecule has 0 rings (SSSR count). The van der Waals surface area contributed by atoms with Crippen molar-refractivity contribution >= 4 is 17.7 Å². The molecule has 0 fully saturated rings. The van der Waals surface area contributed by atoms with Crippen LogP contribution >= 0.6 is 0 Å². The summed E-state index contributed by atoms with van der Waals surface area (Å²) in [6.45, 7) is 4.90. The monoisotopic (exact) mass is 267 g/mol. The number of rotatable bonds is 7. The van der Waals surface area contributed by atoms with E-state index in [0.717, 1.165) is 0 Å². The van der Waals surface area contributed by atoms with Gasteiger partial charge in [-0.05, 0) is 26.2 Å². The summed E-state index contributed by atoms with van der Waals surface area (Å²) in [6.07, 6.45) is 6.48. The number of nitrogens with one attached hydrogen (secondary N) is 3. The lowest BCUT2D eigenvalue weighted by molar-refractivity contribution is -0.123. The summed E-state index contributed by atoms with van der Waals surface area (Å²) in [5.41, 5.74) is 0. The number of hydrogen-bond acceptors (Lipinski definition) is 3. The maximum absolute atomic E-state index is 11.5. The first-order valence-electron chi connectivity index (χ1n) is 6.07. The second-order valence-corrected chi connectivity index (χ2v) is 3.94. The average Bonchev–Trinajstić information content (AvgIpc) is 2.32. The molecule has 0 saturated heterocycles. The van der Waals surface area contributed by atoms with Crippen LogP contribution < -0.4 is 16.0 Å². The van der Waals surface area contributed by atoms with Crippen LogP contribution in [0.3, 0.4) is 0 Å². The number of amides is 3. The van der Waals surface area contributed by atoms with Crippen molar-refractivity contribution in [1.82, 2.24) is 16.0 Å². The predicted octanol–water partition coefficient (Wildman–Crippen LogP) is 0.571. The smallest absolute Gasteiger partial charge is 0.225 e. The van der Waals surface area contributed by atoms with Crippen molar-refractivity contribution in [2.24, 2.45) is 0 Å². The molecule has 0 heterocycles. The third-order valence-corrected chi connectivity index (χ3v) is 2.09. The average molecular weight is 267 g/mol. The van der Waals surface area contributed by atoms with Crippen molar-refractivity contribution < 1.29 is 14.4 Å². The molecule has 0 aliphatic rings. The van der Waals surface area contributed by atoms with E-state index in [4.69, 9.17) is 0 Å². The van der Waals surface area contributed by atoms with Gasteiger partial charge in [0.15, 0.2) is 0 Å². The molecule has 0 bridgehead atoms. The zero-order chi connectivity index (χ0) is 14.7. The minimum absolute atomic E-state index is 0.0488. The summed E-state index contributed by atoms with van der Waals surface area (Å²) < 4.78 is 0. The predicted molar refractivity (Wildman–Crippen MR) is 72.8 cm³/mol. The summed E-state index contributed by atoms with van der Waals surface area (Å²) in [4.78, 5) is 34.1. The van der Waals surface area contributed by atoms with Crippen LogP contribution in [0.5, 0.6) is 0 Å². The third kappa shape index (κ3) is 9.58. The normalized spacial score (nSPS) is 10.9. The standard InChI is InChI=1S/C13H21N3O3/c1-4-6-14-12(18)8-11(16-10(3)17)9-13(19)15-7-5-2/h4-7,11H,8-9H2,1-3H3,(H,14,18)(H,15,19)(H,16,17)/b6-4-,7-5-. The van der Waals surface area contributed by atoms with Gasteiger partial charge in [-0.3, -0.25) is 14.4 Å². The number of carbonyl (C=O) groups excluding carboxylic acids is 3. The van der Waals surface area contributed by atoms with Crippen molar-refractivity contribution in [2.45, 2.75) is 39.7 Å². The van der Waals surface area contributed by atoms with Gasteiger partial charge in [0.25, 0.3) is 0 Å². The van der Waals surface area contributed by atoms with E-state index in [0.29, 0.717) is 0 Å². The molecule has 0 atom stereocenters. The number of hydrogen-bond donors (Lipinski definition) is 3. The summed E-state index contributed by atoms with van der Waals surface area (Å²) in [5, 5.41) is 7.66. The van der Waals surface area contributed by atoms with Gasteiger partial charge in [-0.25, -0.2) is 0 Å². The topological polar surface area (TPSA) is 87.3 Å². The van der Waals surface area contributed by atoms with Crippen LogP contribution in [0.25, 0.3) is 0 Å². The summed E-state index contributed by atoms with van der Waals surface area (Å²) in [7, 11) is 0. The molecule has 6 nitrogen and oxygen atoms in total. The molecule has 3 N–H and O–H groups in total. The van der Waals surface area contributed by atoms with Crippen LogP contribution in [-0.4, -0.2) is 23.8 Å². The SMILES string of the molecule is C/C=C\NC(=O)CC(CC(=O)N/C=C\C)NC(C)=O. The minimum Gasteiger partial charge on any atom is -0.353 e. The van der Waals surface area contributed by atoms with Gasteiger partial charge in [-0.2, -0.15) is 0 Å². The zero-order valence-electron chi connectivity index (χ0n) is 11.5. The second-order valence-electron chi connectivity index (χ2n) is 3.94. The summed E-state index contributed by atoms with van der Waals surface area (Å²) in [6, 6.07) is -0.520. The Kier molecular flexibility index (Phi) is 8.78.